The van der Waals surface area contributed by atoms with Crippen molar-refractivity contribution in [2.45, 2.75) is 19.3 Å². The van der Waals surface area contributed by atoms with E-state index in [2.05, 4.69) is 11.8 Å². The van der Waals surface area contributed by atoms with Crippen LogP contribution in [0.1, 0.15) is 18.9 Å². The van der Waals surface area contributed by atoms with Gasteiger partial charge in [0.2, 0.25) is 0 Å². The molecule has 0 unspecified atom stereocenters. The second-order valence-electron chi connectivity index (χ2n) is 4.10. The Morgan fingerprint density at radius 2 is 1.89 bits per heavy atom. The molecule has 0 aliphatic rings. The fourth-order valence-electron chi connectivity index (χ4n) is 1.46. The minimum Gasteiger partial charge on any atom is -0.464 e. The highest BCUT2D eigenvalue weighted by molar-refractivity contribution is 5.58. The van der Waals surface area contributed by atoms with Crippen LogP contribution in [-0.4, -0.2) is 5.92 Å². The summed E-state index contributed by atoms with van der Waals surface area (Å²) in [5.41, 5.74) is 1.65. The molecular formula is C15H12F2O. The number of furan rings is 1. The van der Waals surface area contributed by atoms with Crippen LogP contribution in [0.3, 0.4) is 0 Å². The first-order chi connectivity index (χ1) is 8.54. The van der Waals surface area contributed by atoms with Gasteiger partial charge in [-0.1, -0.05) is 24.0 Å². The molecule has 2 rings (SSSR count). The van der Waals surface area contributed by atoms with Gasteiger partial charge in [-0.25, -0.2) is 8.78 Å². The van der Waals surface area contributed by atoms with Crippen molar-refractivity contribution in [1.82, 2.24) is 0 Å². The van der Waals surface area contributed by atoms with E-state index in [-0.39, 0.29) is 0 Å². The van der Waals surface area contributed by atoms with Gasteiger partial charge in [-0.05, 0) is 24.3 Å². The van der Waals surface area contributed by atoms with Gasteiger partial charge in [-0.3, -0.25) is 0 Å². The summed E-state index contributed by atoms with van der Waals surface area (Å²) in [6.45, 7) is 0.863. The normalized spacial score (nSPS) is 10.8. The van der Waals surface area contributed by atoms with Crippen LogP contribution in [-0.2, 0) is 0 Å². The van der Waals surface area contributed by atoms with Crippen molar-refractivity contribution >= 4 is 0 Å². The number of alkyl halides is 2. The Morgan fingerprint density at radius 1 is 1.17 bits per heavy atom. The number of rotatable bonds is 2. The second kappa shape index (κ2) is 5.05. The lowest BCUT2D eigenvalue weighted by molar-refractivity contribution is 0.0278. The standard InChI is InChI=1S/C15H12F2O/c1-15(16,17)10-2-4-12-6-8-13(9-7-12)14-5-3-11-18-14/h3,5-9,11H,10H2,1H3. The molecule has 18 heavy (non-hydrogen) atoms. The largest absolute Gasteiger partial charge is 0.464 e. The van der Waals surface area contributed by atoms with Crippen LogP contribution in [0.25, 0.3) is 11.3 Å². The summed E-state index contributed by atoms with van der Waals surface area (Å²) >= 11 is 0. The van der Waals surface area contributed by atoms with Gasteiger partial charge in [-0.15, -0.1) is 0 Å². The van der Waals surface area contributed by atoms with Gasteiger partial charge < -0.3 is 4.42 Å². The van der Waals surface area contributed by atoms with E-state index in [0.29, 0.717) is 0 Å². The summed E-state index contributed by atoms with van der Waals surface area (Å²) in [5, 5.41) is 0. The number of hydrogen-bond donors (Lipinski definition) is 0. The van der Waals surface area contributed by atoms with E-state index in [9.17, 15) is 8.78 Å². The van der Waals surface area contributed by atoms with Gasteiger partial charge in [0.25, 0.3) is 5.92 Å². The molecule has 0 aliphatic heterocycles. The number of benzene rings is 1. The van der Waals surface area contributed by atoms with Gasteiger partial charge >= 0.3 is 0 Å². The Balaban J connectivity index is 2.09. The lowest BCUT2D eigenvalue weighted by Gasteiger charge is -2.02. The number of halogens is 2. The minimum absolute atomic E-state index is 0.424. The molecule has 0 N–H and O–H groups in total. The van der Waals surface area contributed by atoms with Gasteiger partial charge in [-0.2, -0.15) is 0 Å². The first-order valence-corrected chi connectivity index (χ1v) is 5.55. The molecule has 1 aromatic carbocycles. The maximum absolute atomic E-state index is 12.6. The van der Waals surface area contributed by atoms with Crippen molar-refractivity contribution in [3.63, 3.8) is 0 Å². The van der Waals surface area contributed by atoms with Crippen LogP contribution in [0.2, 0.25) is 0 Å². The predicted octanol–water partition coefficient (Wildman–Crippen LogP) is 4.34. The molecule has 0 saturated heterocycles. The smallest absolute Gasteiger partial charge is 0.256 e. The minimum atomic E-state index is -2.74. The Morgan fingerprint density at radius 3 is 2.44 bits per heavy atom. The van der Waals surface area contributed by atoms with Gasteiger partial charge in [0.1, 0.15) is 5.76 Å². The van der Waals surface area contributed by atoms with Crippen LogP contribution in [0.5, 0.6) is 0 Å². The van der Waals surface area contributed by atoms with Crippen LogP contribution in [0, 0.1) is 11.8 Å². The molecule has 1 nitrogen and oxygen atoms in total. The molecule has 0 aliphatic carbocycles. The second-order valence-corrected chi connectivity index (χ2v) is 4.10. The quantitative estimate of drug-likeness (QED) is 0.718. The van der Waals surface area contributed by atoms with E-state index in [1.807, 2.05) is 24.3 Å². The molecule has 0 bridgehead atoms. The van der Waals surface area contributed by atoms with Crippen molar-refractivity contribution in [3.05, 3.63) is 48.2 Å². The Bertz CT molecular complexity index is 551. The van der Waals surface area contributed by atoms with E-state index in [1.165, 1.54) is 0 Å². The highest BCUT2D eigenvalue weighted by atomic mass is 19.3. The van der Waals surface area contributed by atoms with Crippen LogP contribution in [0.4, 0.5) is 8.78 Å². The molecule has 0 saturated carbocycles. The van der Waals surface area contributed by atoms with E-state index in [0.717, 1.165) is 23.8 Å². The Kier molecular flexibility index (Phi) is 3.47. The van der Waals surface area contributed by atoms with Crippen LogP contribution >= 0.6 is 0 Å². The van der Waals surface area contributed by atoms with Crippen LogP contribution < -0.4 is 0 Å². The van der Waals surface area contributed by atoms with E-state index >= 15 is 0 Å². The zero-order chi connectivity index (χ0) is 13.0. The zero-order valence-corrected chi connectivity index (χ0v) is 9.91. The Hall–Kier alpha value is -2.08. The topological polar surface area (TPSA) is 13.1 Å². The lowest BCUT2D eigenvalue weighted by Crippen LogP contribution is -2.06. The average Bonchev–Trinajstić information content (AvgIpc) is 2.82. The third-order valence-electron chi connectivity index (χ3n) is 2.32. The fraction of sp³-hybridized carbons (Fsp3) is 0.200. The maximum atomic E-state index is 12.6. The summed E-state index contributed by atoms with van der Waals surface area (Å²) < 4.78 is 30.4. The predicted molar refractivity (Wildman–Crippen MR) is 66.3 cm³/mol. The monoisotopic (exact) mass is 246 g/mol. The molecule has 1 aromatic heterocycles. The summed E-state index contributed by atoms with van der Waals surface area (Å²) in [4.78, 5) is 0. The average molecular weight is 246 g/mol. The highest BCUT2D eigenvalue weighted by Gasteiger charge is 2.18. The third kappa shape index (κ3) is 3.46. The molecule has 0 radical (unpaired) electrons. The molecular weight excluding hydrogens is 234 g/mol. The van der Waals surface area contributed by atoms with Crippen LogP contribution in [0.15, 0.2) is 47.1 Å². The van der Waals surface area contributed by atoms with Gasteiger partial charge in [0.15, 0.2) is 0 Å². The summed E-state index contributed by atoms with van der Waals surface area (Å²) in [7, 11) is 0. The Labute approximate surface area is 104 Å². The van der Waals surface area contributed by atoms with Crippen molar-refractivity contribution in [2.75, 3.05) is 0 Å². The first kappa shape index (κ1) is 12.4. The fourth-order valence-corrected chi connectivity index (χ4v) is 1.46. The van der Waals surface area contributed by atoms with E-state index in [4.69, 9.17) is 4.42 Å². The van der Waals surface area contributed by atoms with Gasteiger partial charge in [0, 0.05) is 18.1 Å². The molecule has 1 heterocycles. The summed E-state index contributed by atoms with van der Waals surface area (Å²) in [5.74, 6) is 3.22. The molecule has 0 amide bonds. The molecule has 0 atom stereocenters. The van der Waals surface area contributed by atoms with Crippen molar-refractivity contribution in [3.8, 4) is 23.2 Å². The highest BCUT2D eigenvalue weighted by Crippen LogP contribution is 2.20. The van der Waals surface area contributed by atoms with Crippen molar-refractivity contribution in [1.29, 1.82) is 0 Å². The summed E-state index contributed by atoms with van der Waals surface area (Å²) in [6, 6.07) is 11.0. The molecule has 0 spiro atoms. The van der Waals surface area contributed by atoms with Crippen molar-refractivity contribution in [2.24, 2.45) is 0 Å². The zero-order valence-electron chi connectivity index (χ0n) is 9.91. The van der Waals surface area contributed by atoms with Crippen molar-refractivity contribution < 1.29 is 13.2 Å². The molecule has 3 heteroatoms. The number of hydrogen-bond acceptors (Lipinski definition) is 1. The SMILES string of the molecule is CC(F)(F)CC#Cc1ccc(-c2ccco2)cc1. The summed E-state index contributed by atoms with van der Waals surface area (Å²) in [6.07, 6.45) is 1.18. The molecule has 2 aromatic rings. The molecule has 0 fully saturated rings. The van der Waals surface area contributed by atoms with E-state index < -0.39 is 12.3 Å². The third-order valence-corrected chi connectivity index (χ3v) is 2.32. The van der Waals surface area contributed by atoms with Gasteiger partial charge in [0.05, 0.1) is 12.7 Å². The molecule has 92 valence electrons. The lowest BCUT2D eigenvalue weighted by atomic mass is 10.1. The maximum Gasteiger partial charge on any atom is 0.256 e. The van der Waals surface area contributed by atoms with E-state index in [1.54, 1.807) is 18.4 Å². The first-order valence-electron chi connectivity index (χ1n) is 5.55.